The van der Waals surface area contributed by atoms with E-state index in [0.717, 1.165) is 24.8 Å². The van der Waals surface area contributed by atoms with E-state index in [4.69, 9.17) is 4.74 Å². The zero-order chi connectivity index (χ0) is 14.4. The van der Waals surface area contributed by atoms with Crippen molar-refractivity contribution in [1.82, 2.24) is 5.32 Å². The normalized spacial score (nSPS) is 18.1. The Hall–Kier alpha value is -1.20. The molecule has 20 heavy (non-hydrogen) atoms. The molecule has 1 saturated carbocycles. The average Bonchev–Trinajstić information content (AvgIpc) is 2.41. The molecule has 1 aromatic carbocycles. The molecule has 0 saturated heterocycles. The molecule has 110 valence electrons. The van der Waals surface area contributed by atoms with Crippen LogP contribution in [-0.4, -0.2) is 35.3 Å². The molecule has 0 aromatic heterocycles. The number of carbonyl (C=O) groups excluding carboxylic acids is 1. The van der Waals surface area contributed by atoms with Gasteiger partial charge in [-0.2, -0.15) is 0 Å². The first-order valence-electron chi connectivity index (χ1n) is 6.87. The van der Waals surface area contributed by atoms with Gasteiger partial charge in [0.05, 0.1) is 12.1 Å². The molecule has 1 N–H and O–H groups in total. The van der Waals surface area contributed by atoms with Gasteiger partial charge >= 0.3 is 0 Å². The highest BCUT2D eigenvalue weighted by atomic mass is 32.2. The largest absolute Gasteiger partial charge is 0.384 e. The molecule has 0 aliphatic heterocycles. The van der Waals surface area contributed by atoms with Gasteiger partial charge in [0.15, 0.2) is 0 Å². The molecule has 5 heteroatoms. The number of carbonyl (C=O) groups is 1. The van der Waals surface area contributed by atoms with Crippen molar-refractivity contribution >= 4 is 16.7 Å². The zero-order valence-corrected chi connectivity index (χ0v) is 12.6. The fourth-order valence-corrected chi connectivity index (χ4v) is 3.33. The number of hydrogen-bond donors (Lipinski definition) is 1. The maximum absolute atomic E-state index is 12.1. The third-order valence-electron chi connectivity index (χ3n) is 3.72. The van der Waals surface area contributed by atoms with Crippen molar-refractivity contribution < 1.29 is 13.7 Å². The summed E-state index contributed by atoms with van der Waals surface area (Å²) in [7, 11) is 0.409. The lowest BCUT2D eigenvalue weighted by molar-refractivity contribution is -0.121. The van der Waals surface area contributed by atoms with E-state index in [1.165, 1.54) is 0 Å². The first-order valence-corrected chi connectivity index (χ1v) is 8.35. The van der Waals surface area contributed by atoms with Gasteiger partial charge in [0, 0.05) is 23.7 Å². The Balaban J connectivity index is 1.94. The quantitative estimate of drug-likeness (QED) is 0.831. The van der Waals surface area contributed by atoms with Crippen molar-refractivity contribution in [2.75, 3.05) is 25.2 Å². The smallest absolute Gasteiger partial charge is 0.233 e. The van der Waals surface area contributed by atoms with E-state index in [1.54, 1.807) is 7.11 Å². The van der Waals surface area contributed by atoms with E-state index in [9.17, 15) is 9.00 Å². The van der Waals surface area contributed by atoms with E-state index >= 15 is 0 Å². The number of ether oxygens (including phenoxy) is 1. The maximum atomic E-state index is 12.1. The lowest BCUT2D eigenvalue weighted by Crippen LogP contribution is -2.52. The van der Waals surface area contributed by atoms with E-state index in [0.29, 0.717) is 12.4 Å². The SMILES string of the molecule is COCC[S@@](=O)CC(=O)NC1(c2ccccc2)CCC1. The second kappa shape index (κ2) is 6.99. The summed E-state index contributed by atoms with van der Waals surface area (Å²) in [6.07, 6.45) is 3.02. The summed E-state index contributed by atoms with van der Waals surface area (Å²) < 4.78 is 16.6. The van der Waals surface area contributed by atoms with E-state index < -0.39 is 10.8 Å². The second-order valence-electron chi connectivity index (χ2n) is 5.13. The van der Waals surface area contributed by atoms with Crippen LogP contribution in [0.2, 0.25) is 0 Å². The molecule has 1 aromatic rings. The van der Waals surface area contributed by atoms with Gasteiger partial charge in [-0.25, -0.2) is 0 Å². The Morgan fingerprint density at radius 1 is 1.35 bits per heavy atom. The van der Waals surface area contributed by atoms with Gasteiger partial charge in [0.2, 0.25) is 5.91 Å². The van der Waals surface area contributed by atoms with Gasteiger partial charge in [0.25, 0.3) is 0 Å². The third-order valence-corrected chi connectivity index (χ3v) is 4.93. The van der Waals surface area contributed by atoms with Crippen molar-refractivity contribution in [3.05, 3.63) is 35.9 Å². The van der Waals surface area contributed by atoms with Gasteiger partial charge < -0.3 is 10.1 Å². The Kier molecular flexibility index (Phi) is 5.31. The van der Waals surface area contributed by atoms with Crippen LogP contribution in [0.3, 0.4) is 0 Å². The number of hydrogen-bond acceptors (Lipinski definition) is 3. The summed E-state index contributed by atoms with van der Waals surface area (Å²) in [5.74, 6) is 0.322. The maximum Gasteiger partial charge on any atom is 0.233 e. The first-order chi connectivity index (χ1) is 9.66. The predicted molar refractivity (Wildman–Crippen MR) is 79.9 cm³/mol. The summed E-state index contributed by atoms with van der Waals surface area (Å²) in [6.45, 7) is 0.420. The van der Waals surface area contributed by atoms with Crippen molar-refractivity contribution in [2.45, 2.75) is 24.8 Å². The van der Waals surface area contributed by atoms with E-state index in [-0.39, 0.29) is 17.2 Å². The molecule has 1 fully saturated rings. The Labute approximate surface area is 122 Å². The molecule has 1 amide bonds. The van der Waals surface area contributed by atoms with Gasteiger partial charge in [-0.1, -0.05) is 30.3 Å². The van der Waals surface area contributed by atoms with Gasteiger partial charge in [0.1, 0.15) is 5.75 Å². The van der Waals surface area contributed by atoms with Crippen LogP contribution in [-0.2, 0) is 25.9 Å². The summed E-state index contributed by atoms with van der Waals surface area (Å²) >= 11 is 0. The molecule has 4 nitrogen and oxygen atoms in total. The molecule has 1 atom stereocenters. The average molecular weight is 295 g/mol. The molecule has 2 rings (SSSR count). The molecule has 0 unspecified atom stereocenters. The molecular formula is C15H21NO3S. The Morgan fingerprint density at radius 2 is 2.05 bits per heavy atom. The van der Waals surface area contributed by atoms with Crippen LogP contribution in [0.4, 0.5) is 0 Å². The fourth-order valence-electron chi connectivity index (χ4n) is 2.47. The topological polar surface area (TPSA) is 55.4 Å². The lowest BCUT2D eigenvalue weighted by atomic mass is 9.72. The van der Waals surface area contributed by atoms with Crippen LogP contribution in [0, 0.1) is 0 Å². The minimum Gasteiger partial charge on any atom is -0.384 e. The molecule has 0 spiro atoms. The van der Waals surface area contributed by atoms with Crippen molar-refractivity contribution in [2.24, 2.45) is 0 Å². The van der Waals surface area contributed by atoms with Gasteiger partial charge in [-0.3, -0.25) is 9.00 Å². The van der Waals surface area contributed by atoms with E-state index in [2.05, 4.69) is 5.32 Å². The van der Waals surface area contributed by atoms with Crippen LogP contribution in [0.5, 0.6) is 0 Å². The molecule has 0 bridgehead atoms. The van der Waals surface area contributed by atoms with Crippen LogP contribution >= 0.6 is 0 Å². The number of methoxy groups -OCH3 is 1. The summed E-state index contributed by atoms with van der Waals surface area (Å²) in [5, 5.41) is 3.08. The summed E-state index contributed by atoms with van der Waals surface area (Å²) in [5.41, 5.74) is 0.895. The third kappa shape index (κ3) is 3.67. The van der Waals surface area contributed by atoms with Crippen LogP contribution < -0.4 is 5.32 Å². The molecule has 0 heterocycles. The molecular weight excluding hydrogens is 274 g/mol. The van der Waals surface area contributed by atoms with Gasteiger partial charge in [-0.05, 0) is 24.8 Å². The first kappa shape index (κ1) is 15.2. The predicted octanol–water partition coefficient (Wildman–Crippen LogP) is 1.58. The number of rotatable bonds is 7. The highest BCUT2D eigenvalue weighted by molar-refractivity contribution is 7.85. The number of nitrogens with one attached hydrogen (secondary N) is 1. The molecule has 1 aliphatic rings. The minimum absolute atomic E-state index is 0.0535. The number of benzene rings is 1. The summed E-state index contributed by atoms with van der Waals surface area (Å²) in [4.78, 5) is 12.1. The highest BCUT2D eigenvalue weighted by Gasteiger charge is 2.39. The van der Waals surface area contributed by atoms with Crippen LogP contribution in [0.25, 0.3) is 0 Å². The fraction of sp³-hybridized carbons (Fsp3) is 0.533. The Morgan fingerprint density at radius 3 is 2.60 bits per heavy atom. The zero-order valence-electron chi connectivity index (χ0n) is 11.8. The second-order valence-corrected chi connectivity index (χ2v) is 6.71. The van der Waals surface area contributed by atoms with Crippen molar-refractivity contribution in [3.63, 3.8) is 0 Å². The van der Waals surface area contributed by atoms with E-state index in [1.807, 2.05) is 30.3 Å². The molecule has 0 radical (unpaired) electrons. The van der Waals surface area contributed by atoms with Crippen molar-refractivity contribution in [1.29, 1.82) is 0 Å². The number of amides is 1. The highest BCUT2D eigenvalue weighted by Crippen LogP contribution is 2.41. The van der Waals surface area contributed by atoms with Crippen molar-refractivity contribution in [3.8, 4) is 0 Å². The standard InChI is InChI=1S/C15H21NO3S/c1-19-10-11-20(18)12-14(17)16-15(8-5-9-15)13-6-3-2-4-7-13/h2-4,6-7H,5,8-12H2,1H3,(H,16,17)/t20-/m1/s1. The van der Waals surface area contributed by atoms with Gasteiger partial charge in [-0.15, -0.1) is 0 Å². The minimum atomic E-state index is -1.16. The lowest BCUT2D eigenvalue weighted by Gasteiger charge is -2.43. The Bertz CT molecular complexity index is 471. The molecule has 1 aliphatic carbocycles. The monoisotopic (exact) mass is 295 g/mol. The van der Waals surface area contributed by atoms with Crippen LogP contribution in [0.1, 0.15) is 24.8 Å². The summed E-state index contributed by atoms with van der Waals surface area (Å²) in [6, 6.07) is 10.0. The van der Waals surface area contributed by atoms with Crippen LogP contribution in [0.15, 0.2) is 30.3 Å².